The topological polar surface area (TPSA) is 71.0 Å². The molecule has 0 aliphatic heterocycles. The van der Waals surface area contributed by atoms with Gasteiger partial charge >= 0.3 is 0 Å². The van der Waals surface area contributed by atoms with Crippen LogP contribution in [0.2, 0.25) is 0 Å². The average Bonchev–Trinajstić information content (AvgIpc) is 3.05. The van der Waals surface area contributed by atoms with Crippen molar-refractivity contribution < 1.29 is 23.7 Å². The van der Waals surface area contributed by atoms with Gasteiger partial charge in [-0.1, -0.05) is 0 Å². The van der Waals surface area contributed by atoms with Gasteiger partial charge in [-0.2, -0.15) is 0 Å². The van der Waals surface area contributed by atoms with E-state index in [0.29, 0.717) is 29.4 Å². The van der Waals surface area contributed by atoms with Crippen molar-refractivity contribution >= 4 is 16.8 Å². The van der Waals surface area contributed by atoms with Gasteiger partial charge in [0.1, 0.15) is 5.75 Å². The van der Waals surface area contributed by atoms with Gasteiger partial charge in [0.25, 0.3) is 5.91 Å². The van der Waals surface area contributed by atoms with Gasteiger partial charge in [0.05, 0.1) is 28.4 Å². The number of nitrogens with one attached hydrogen (secondary N) is 1. The number of carbonyl (C=O) groups is 1. The Morgan fingerprint density at radius 3 is 2.21 bits per heavy atom. The van der Waals surface area contributed by atoms with Crippen LogP contribution in [0.1, 0.15) is 15.9 Å². The molecule has 7 heteroatoms. The van der Waals surface area contributed by atoms with Crippen molar-refractivity contribution in [3.05, 3.63) is 47.7 Å². The molecule has 0 bridgehead atoms. The third-order valence-electron chi connectivity index (χ3n) is 4.65. The van der Waals surface area contributed by atoms with Gasteiger partial charge in [-0.25, -0.2) is 0 Å². The number of hydrogen-bond acceptors (Lipinski definition) is 5. The molecule has 0 spiro atoms. The number of methoxy groups -OCH3 is 4. The minimum atomic E-state index is -0.237. The Morgan fingerprint density at radius 2 is 1.64 bits per heavy atom. The van der Waals surface area contributed by atoms with Crippen molar-refractivity contribution in [1.82, 2.24) is 9.88 Å². The lowest BCUT2D eigenvalue weighted by Crippen LogP contribution is -2.22. The summed E-state index contributed by atoms with van der Waals surface area (Å²) in [6, 6.07) is 9.14. The maximum atomic E-state index is 12.7. The van der Waals surface area contributed by atoms with Gasteiger partial charge in [0.15, 0.2) is 11.5 Å². The molecule has 0 aliphatic rings. The Morgan fingerprint density at radius 1 is 0.964 bits per heavy atom. The Balaban J connectivity index is 1.86. The van der Waals surface area contributed by atoms with Crippen LogP contribution in [-0.2, 0) is 13.6 Å². The molecule has 2 aromatic carbocycles. The van der Waals surface area contributed by atoms with Crippen molar-refractivity contribution in [3.63, 3.8) is 0 Å². The molecule has 0 fully saturated rings. The minimum absolute atomic E-state index is 0.237. The number of benzene rings is 2. The summed E-state index contributed by atoms with van der Waals surface area (Å²) in [5.74, 6) is 1.85. The van der Waals surface area contributed by atoms with E-state index < -0.39 is 0 Å². The summed E-state index contributed by atoms with van der Waals surface area (Å²) in [6.45, 7) is 0.375. The van der Waals surface area contributed by atoms with E-state index in [1.807, 2.05) is 36.0 Å². The van der Waals surface area contributed by atoms with Crippen LogP contribution in [0.25, 0.3) is 10.9 Å². The first-order valence-corrected chi connectivity index (χ1v) is 8.72. The summed E-state index contributed by atoms with van der Waals surface area (Å²) in [6.07, 6.45) is 2.00. The van der Waals surface area contributed by atoms with Crippen molar-refractivity contribution in [2.24, 2.45) is 7.05 Å². The van der Waals surface area contributed by atoms with Crippen LogP contribution in [0.5, 0.6) is 23.0 Å². The van der Waals surface area contributed by atoms with Crippen LogP contribution in [0.3, 0.4) is 0 Å². The molecule has 1 heterocycles. The van der Waals surface area contributed by atoms with E-state index in [1.54, 1.807) is 19.2 Å². The lowest BCUT2D eigenvalue weighted by Gasteiger charge is -2.14. The van der Waals surface area contributed by atoms with E-state index in [-0.39, 0.29) is 5.91 Å². The summed E-state index contributed by atoms with van der Waals surface area (Å²) >= 11 is 0. The number of fused-ring (bicyclic) bond motifs is 1. The Hall–Kier alpha value is -3.35. The molecule has 0 saturated carbocycles. The Bertz CT molecular complexity index is 984. The summed E-state index contributed by atoms with van der Waals surface area (Å²) in [7, 11) is 8.16. The number of carbonyl (C=O) groups excluding carboxylic acids is 1. The smallest absolute Gasteiger partial charge is 0.251 e. The highest BCUT2D eigenvalue weighted by Crippen LogP contribution is 2.38. The molecule has 3 rings (SSSR count). The molecule has 148 valence electrons. The Kier molecular flexibility index (Phi) is 5.63. The van der Waals surface area contributed by atoms with Crippen LogP contribution in [0.4, 0.5) is 0 Å². The maximum absolute atomic E-state index is 12.7. The molecule has 0 atom stereocenters. The van der Waals surface area contributed by atoms with Gasteiger partial charge in [-0.05, 0) is 35.9 Å². The molecule has 1 aromatic heterocycles. The predicted octanol–water partition coefficient (Wildman–Crippen LogP) is 3.14. The number of ether oxygens (including phenoxy) is 4. The molecular weight excluding hydrogens is 360 g/mol. The zero-order valence-electron chi connectivity index (χ0n) is 16.7. The van der Waals surface area contributed by atoms with Crippen LogP contribution >= 0.6 is 0 Å². The van der Waals surface area contributed by atoms with Crippen LogP contribution in [-0.4, -0.2) is 38.9 Å². The number of aryl methyl sites for hydroxylation is 1. The van der Waals surface area contributed by atoms with Crippen molar-refractivity contribution in [2.45, 2.75) is 6.54 Å². The first-order valence-electron chi connectivity index (χ1n) is 8.72. The standard InChI is InChI=1S/C21H24N2O5/c1-23-12-14(16-10-15(25-2)6-7-17(16)23)11-22-21(24)13-8-18(26-3)20(28-5)19(9-13)27-4/h6-10,12H,11H2,1-5H3,(H,22,24). The predicted molar refractivity (Wildman–Crippen MR) is 107 cm³/mol. The van der Waals surface area contributed by atoms with Gasteiger partial charge in [0, 0.05) is 36.3 Å². The van der Waals surface area contributed by atoms with E-state index in [1.165, 1.54) is 21.3 Å². The zero-order chi connectivity index (χ0) is 20.3. The zero-order valence-corrected chi connectivity index (χ0v) is 16.7. The fourth-order valence-electron chi connectivity index (χ4n) is 3.21. The lowest BCUT2D eigenvalue weighted by molar-refractivity contribution is 0.0950. The first-order chi connectivity index (χ1) is 13.5. The lowest BCUT2D eigenvalue weighted by atomic mass is 10.1. The van der Waals surface area contributed by atoms with Crippen molar-refractivity contribution in [3.8, 4) is 23.0 Å². The highest BCUT2D eigenvalue weighted by Gasteiger charge is 2.17. The van der Waals surface area contributed by atoms with Gasteiger partial charge in [-0.15, -0.1) is 0 Å². The molecule has 1 N–H and O–H groups in total. The van der Waals surface area contributed by atoms with Crippen LogP contribution in [0.15, 0.2) is 36.5 Å². The summed E-state index contributed by atoms with van der Waals surface area (Å²) < 4.78 is 23.3. The van der Waals surface area contributed by atoms with Gasteiger partial charge < -0.3 is 28.8 Å². The number of amides is 1. The summed E-state index contributed by atoms with van der Waals surface area (Å²) in [5.41, 5.74) is 2.49. The van der Waals surface area contributed by atoms with Crippen molar-refractivity contribution in [2.75, 3.05) is 28.4 Å². The molecule has 28 heavy (non-hydrogen) atoms. The Labute approximate surface area is 163 Å². The molecule has 1 amide bonds. The minimum Gasteiger partial charge on any atom is -0.497 e. The second kappa shape index (κ2) is 8.12. The molecule has 0 aliphatic carbocycles. The normalized spacial score (nSPS) is 10.6. The highest BCUT2D eigenvalue weighted by atomic mass is 16.5. The number of rotatable bonds is 7. The third kappa shape index (κ3) is 3.55. The van der Waals surface area contributed by atoms with E-state index >= 15 is 0 Å². The van der Waals surface area contributed by atoms with Crippen LogP contribution < -0.4 is 24.3 Å². The third-order valence-corrected chi connectivity index (χ3v) is 4.65. The van der Waals surface area contributed by atoms with Crippen molar-refractivity contribution in [1.29, 1.82) is 0 Å². The molecule has 0 unspecified atom stereocenters. The maximum Gasteiger partial charge on any atom is 0.251 e. The molecule has 0 radical (unpaired) electrons. The van der Waals surface area contributed by atoms with E-state index in [4.69, 9.17) is 18.9 Å². The molecule has 0 saturated heterocycles. The second-order valence-electron chi connectivity index (χ2n) is 6.25. The highest BCUT2D eigenvalue weighted by molar-refractivity contribution is 5.96. The second-order valence-corrected chi connectivity index (χ2v) is 6.25. The van der Waals surface area contributed by atoms with E-state index in [2.05, 4.69) is 5.32 Å². The van der Waals surface area contributed by atoms with Gasteiger partial charge in [-0.3, -0.25) is 4.79 Å². The molecule has 3 aromatic rings. The quantitative estimate of drug-likeness (QED) is 0.678. The molecular formula is C21H24N2O5. The van der Waals surface area contributed by atoms with E-state index in [9.17, 15) is 4.79 Å². The summed E-state index contributed by atoms with van der Waals surface area (Å²) in [5, 5.41) is 3.99. The van der Waals surface area contributed by atoms with Gasteiger partial charge in [0.2, 0.25) is 5.75 Å². The van der Waals surface area contributed by atoms with E-state index in [0.717, 1.165) is 22.2 Å². The first kappa shape index (κ1) is 19.4. The van der Waals surface area contributed by atoms with Crippen LogP contribution in [0, 0.1) is 0 Å². The number of aromatic nitrogens is 1. The fourth-order valence-corrected chi connectivity index (χ4v) is 3.21. The SMILES string of the molecule is COc1ccc2c(c1)c(CNC(=O)c1cc(OC)c(OC)c(OC)c1)cn2C. The monoisotopic (exact) mass is 384 g/mol. The number of nitrogens with zero attached hydrogens (tertiary/aromatic N) is 1. The number of hydrogen-bond donors (Lipinski definition) is 1. The largest absolute Gasteiger partial charge is 0.497 e. The fraction of sp³-hybridized carbons (Fsp3) is 0.286. The average molecular weight is 384 g/mol. The summed E-state index contributed by atoms with van der Waals surface area (Å²) in [4.78, 5) is 12.7. The molecule has 7 nitrogen and oxygen atoms in total.